The van der Waals surface area contributed by atoms with Gasteiger partial charge in [-0.3, -0.25) is 4.40 Å². The van der Waals surface area contributed by atoms with Crippen LogP contribution in [0.1, 0.15) is 23.0 Å². The van der Waals surface area contributed by atoms with Gasteiger partial charge < -0.3 is 5.11 Å². The third-order valence-corrected chi connectivity index (χ3v) is 6.18. The molecule has 0 radical (unpaired) electrons. The van der Waals surface area contributed by atoms with Crippen LogP contribution in [-0.2, 0) is 9.84 Å². The molecule has 3 aromatic rings. The number of carboxylic acids is 1. The molecule has 0 unspecified atom stereocenters. The summed E-state index contributed by atoms with van der Waals surface area (Å²) in [5.41, 5.74) is 2.05. The molecule has 0 saturated heterocycles. The summed E-state index contributed by atoms with van der Waals surface area (Å²) in [6.07, 6.45) is 1.41. The topological polar surface area (TPSA) is 88.7 Å². The molecule has 2 aromatic heterocycles. The molecule has 1 N–H and O–H groups in total. The maximum Gasteiger partial charge on any atom is 0.356 e. The average Bonchev–Trinajstić information content (AvgIpc) is 3.06. The lowest BCUT2D eigenvalue weighted by Gasteiger charge is -2.10. The lowest BCUT2D eigenvalue weighted by atomic mass is 10.1. The van der Waals surface area contributed by atoms with Crippen molar-refractivity contribution < 1.29 is 18.3 Å². The number of hydrogen-bond donors (Lipinski definition) is 1. The molecule has 0 fully saturated rings. The van der Waals surface area contributed by atoms with Gasteiger partial charge >= 0.3 is 5.97 Å². The number of hydrogen-bond acceptors (Lipinski definition) is 5. The van der Waals surface area contributed by atoms with E-state index in [0.717, 1.165) is 5.56 Å². The number of sulfone groups is 1. The van der Waals surface area contributed by atoms with Crippen LogP contribution in [0.4, 0.5) is 0 Å². The number of nitrogens with zero attached hydrogens (tertiary/aromatic N) is 2. The zero-order valence-electron chi connectivity index (χ0n) is 12.5. The summed E-state index contributed by atoms with van der Waals surface area (Å²) in [7, 11) is -3.40. The van der Waals surface area contributed by atoms with Gasteiger partial charge in [0, 0.05) is 17.1 Å². The highest BCUT2D eigenvalue weighted by molar-refractivity contribution is 7.91. The van der Waals surface area contributed by atoms with Crippen molar-refractivity contribution in [3.63, 3.8) is 0 Å². The molecule has 0 atom stereocenters. The first-order valence-electron chi connectivity index (χ1n) is 6.87. The molecular formula is C15H14N2O4S2. The fraction of sp³-hybridized carbons (Fsp3) is 0.200. The number of aryl methyl sites for hydroxylation is 1. The number of fused-ring (bicyclic) bond motifs is 1. The van der Waals surface area contributed by atoms with Gasteiger partial charge in [0.2, 0.25) is 0 Å². The van der Waals surface area contributed by atoms with Crippen LogP contribution in [0.5, 0.6) is 0 Å². The molecule has 3 rings (SSSR count). The van der Waals surface area contributed by atoms with Crippen LogP contribution in [0.3, 0.4) is 0 Å². The van der Waals surface area contributed by atoms with Gasteiger partial charge in [-0.1, -0.05) is 18.6 Å². The zero-order chi connectivity index (χ0) is 16.8. The highest BCUT2D eigenvalue weighted by Gasteiger charge is 2.21. The van der Waals surface area contributed by atoms with Crippen molar-refractivity contribution in [1.29, 1.82) is 0 Å². The molecule has 0 aliphatic rings. The van der Waals surface area contributed by atoms with Gasteiger partial charge in [-0.15, -0.1) is 11.3 Å². The van der Waals surface area contributed by atoms with E-state index in [1.807, 2.05) is 6.92 Å². The molecular weight excluding hydrogens is 336 g/mol. The van der Waals surface area contributed by atoms with E-state index in [0.29, 0.717) is 16.2 Å². The third-order valence-electron chi connectivity index (χ3n) is 3.55. The van der Waals surface area contributed by atoms with E-state index in [4.69, 9.17) is 5.11 Å². The number of rotatable bonds is 4. The van der Waals surface area contributed by atoms with Gasteiger partial charge in [0.1, 0.15) is 0 Å². The molecule has 0 aliphatic heterocycles. The summed E-state index contributed by atoms with van der Waals surface area (Å²) in [5, 5.41) is 10.9. The molecule has 1 aromatic carbocycles. The van der Waals surface area contributed by atoms with E-state index >= 15 is 0 Å². The van der Waals surface area contributed by atoms with Crippen molar-refractivity contribution in [2.75, 3.05) is 5.75 Å². The second kappa shape index (κ2) is 5.47. The molecule has 23 heavy (non-hydrogen) atoms. The summed E-state index contributed by atoms with van der Waals surface area (Å²) in [6, 6.07) is 5.15. The Kier molecular flexibility index (Phi) is 3.73. The quantitative estimate of drug-likeness (QED) is 0.781. The van der Waals surface area contributed by atoms with Crippen molar-refractivity contribution in [3.8, 4) is 11.3 Å². The van der Waals surface area contributed by atoms with Crippen LogP contribution < -0.4 is 0 Å². The second-order valence-electron chi connectivity index (χ2n) is 5.11. The molecule has 2 heterocycles. The van der Waals surface area contributed by atoms with E-state index in [-0.39, 0.29) is 16.3 Å². The number of benzene rings is 1. The number of thiazole rings is 1. The maximum absolute atomic E-state index is 12.4. The van der Waals surface area contributed by atoms with Gasteiger partial charge in [0.25, 0.3) is 0 Å². The molecule has 0 saturated carbocycles. The van der Waals surface area contributed by atoms with Gasteiger partial charge in [-0.25, -0.2) is 18.2 Å². The fourth-order valence-corrected chi connectivity index (χ4v) is 4.31. The van der Waals surface area contributed by atoms with Crippen LogP contribution in [0.25, 0.3) is 16.2 Å². The number of aromatic carboxylic acids is 1. The zero-order valence-corrected chi connectivity index (χ0v) is 14.1. The van der Waals surface area contributed by atoms with Crippen LogP contribution >= 0.6 is 11.3 Å². The molecule has 120 valence electrons. The van der Waals surface area contributed by atoms with Crippen molar-refractivity contribution in [3.05, 3.63) is 41.0 Å². The SMILES string of the molecule is CCS(=O)(=O)c1ccc(C)cc1-c1csc2nc(C(=O)O)cn12. The first-order chi connectivity index (χ1) is 10.8. The fourth-order valence-electron chi connectivity index (χ4n) is 2.35. The largest absolute Gasteiger partial charge is 0.476 e. The van der Waals surface area contributed by atoms with Crippen molar-refractivity contribution in [1.82, 2.24) is 9.38 Å². The Hall–Kier alpha value is -2.19. The average molecular weight is 350 g/mol. The summed E-state index contributed by atoms with van der Waals surface area (Å²) in [6.45, 7) is 3.48. The summed E-state index contributed by atoms with van der Waals surface area (Å²) in [4.78, 5) is 15.9. The van der Waals surface area contributed by atoms with Crippen LogP contribution in [0.15, 0.2) is 34.7 Å². The van der Waals surface area contributed by atoms with Gasteiger partial charge in [0.15, 0.2) is 20.5 Å². The number of carbonyl (C=O) groups is 1. The van der Waals surface area contributed by atoms with Crippen LogP contribution in [0, 0.1) is 6.92 Å². The van der Waals surface area contributed by atoms with Crippen molar-refractivity contribution in [2.45, 2.75) is 18.7 Å². The molecule has 0 bridgehead atoms. The van der Waals surface area contributed by atoms with Crippen molar-refractivity contribution in [2.24, 2.45) is 0 Å². The summed E-state index contributed by atoms with van der Waals surface area (Å²) in [5.74, 6) is -1.11. The Bertz CT molecular complexity index is 1020. The third kappa shape index (κ3) is 2.64. The standard InChI is InChI=1S/C15H14N2O4S2/c1-3-23(20,21)13-5-4-9(2)6-10(13)12-8-22-15-16-11(14(18)19)7-17(12)15/h4-8H,3H2,1-2H3,(H,18,19). The normalized spacial score (nSPS) is 11.9. The van der Waals surface area contributed by atoms with E-state index in [1.165, 1.54) is 17.5 Å². The summed E-state index contributed by atoms with van der Waals surface area (Å²) >= 11 is 1.27. The minimum atomic E-state index is -3.40. The molecule has 8 heteroatoms. The Morgan fingerprint density at radius 2 is 2.13 bits per heavy atom. The molecule has 6 nitrogen and oxygen atoms in total. The Labute approximate surface area is 137 Å². The monoisotopic (exact) mass is 350 g/mol. The van der Waals surface area contributed by atoms with Gasteiger partial charge in [-0.2, -0.15) is 0 Å². The number of carboxylic acid groups (broad SMARTS) is 1. The molecule has 0 spiro atoms. The van der Waals surface area contributed by atoms with Crippen LogP contribution in [0.2, 0.25) is 0 Å². The lowest BCUT2D eigenvalue weighted by molar-refractivity contribution is 0.0691. The Balaban J connectivity index is 2.30. The lowest BCUT2D eigenvalue weighted by Crippen LogP contribution is -2.06. The van der Waals surface area contributed by atoms with Gasteiger partial charge in [-0.05, 0) is 19.1 Å². The predicted octanol–water partition coefficient (Wildman–Crippen LogP) is 2.86. The minimum absolute atomic E-state index is 0.000640. The van der Waals surface area contributed by atoms with E-state index < -0.39 is 15.8 Å². The van der Waals surface area contributed by atoms with E-state index in [2.05, 4.69) is 4.98 Å². The molecule has 0 aliphatic carbocycles. The number of imidazole rings is 1. The van der Waals surface area contributed by atoms with Crippen molar-refractivity contribution >= 4 is 32.1 Å². The predicted molar refractivity (Wildman–Crippen MR) is 87.9 cm³/mol. The second-order valence-corrected chi connectivity index (χ2v) is 8.19. The minimum Gasteiger partial charge on any atom is -0.476 e. The Morgan fingerprint density at radius 1 is 1.39 bits per heavy atom. The van der Waals surface area contributed by atoms with E-state index in [9.17, 15) is 13.2 Å². The van der Waals surface area contributed by atoms with Crippen LogP contribution in [-0.4, -0.2) is 34.6 Å². The summed E-state index contributed by atoms with van der Waals surface area (Å²) < 4.78 is 26.3. The first-order valence-corrected chi connectivity index (χ1v) is 9.40. The maximum atomic E-state index is 12.4. The first kappa shape index (κ1) is 15.7. The smallest absolute Gasteiger partial charge is 0.356 e. The van der Waals surface area contributed by atoms with Gasteiger partial charge in [0.05, 0.1) is 16.3 Å². The van der Waals surface area contributed by atoms with E-state index in [1.54, 1.807) is 34.9 Å². The Morgan fingerprint density at radius 3 is 2.78 bits per heavy atom. The molecule has 0 amide bonds. The number of aromatic nitrogens is 2. The highest BCUT2D eigenvalue weighted by atomic mass is 32.2. The highest BCUT2D eigenvalue weighted by Crippen LogP contribution is 2.32.